The van der Waals surface area contributed by atoms with Crippen LogP contribution in [-0.4, -0.2) is 6.18 Å². The van der Waals surface area contributed by atoms with Crippen molar-refractivity contribution >= 4 is 0 Å². The molecule has 1 rings (SSSR count). The van der Waals surface area contributed by atoms with Crippen LogP contribution in [0, 0.1) is 5.41 Å². The summed E-state index contributed by atoms with van der Waals surface area (Å²) < 4.78 is 36.9. The van der Waals surface area contributed by atoms with Crippen molar-refractivity contribution in [1.82, 2.24) is 0 Å². The van der Waals surface area contributed by atoms with Crippen LogP contribution in [0.3, 0.4) is 0 Å². The van der Waals surface area contributed by atoms with Crippen LogP contribution in [-0.2, 0) is 0 Å². The fourth-order valence-corrected chi connectivity index (χ4v) is 1.32. The van der Waals surface area contributed by atoms with Gasteiger partial charge in [0.25, 0.3) is 0 Å². The van der Waals surface area contributed by atoms with E-state index in [1.54, 1.807) is 6.08 Å². The number of allylic oxidation sites excluding steroid dienone is 4. The first-order chi connectivity index (χ1) is 5.73. The Bertz CT molecular complexity index is 266. The van der Waals surface area contributed by atoms with E-state index in [-0.39, 0.29) is 11.8 Å². The Morgan fingerprint density at radius 3 is 2.15 bits per heavy atom. The molecule has 0 aromatic carbocycles. The number of hydrogen-bond acceptors (Lipinski definition) is 0. The van der Waals surface area contributed by atoms with E-state index in [1.807, 2.05) is 20.8 Å². The summed E-state index contributed by atoms with van der Waals surface area (Å²) in [6.07, 6.45) is -1.35. The van der Waals surface area contributed by atoms with Crippen LogP contribution >= 0.6 is 0 Å². The fraction of sp³-hybridized carbons (Fsp3) is 0.600. The predicted octanol–water partition coefficient (Wildman–Crippen LogP) is 3.85. The van der Waals surface area contributed by atoms with Gasteiger partial charge in [0.15, 0.2) is 0 Å². The third-order valence-corrected chi connectivity index (χ3v) is 2.60. The van der Waals surface area contributed by atoms with Gasteiger partial charge in [-0.1, -0.05) is 31.6 Å². The van der Waals surface area contributed by atoms with Gasteiger partial charge < -0.3 is 0 Å². The molecule has 0 nitrogen and oxygen atoms in total. The molecular formula is C10H13F3. The summed E-state index contributed by atoms with van der Waals surface area (Å²) in [5.41, 5.74) is 0.211. The van der Waals surface area contributed by atoms with Crippen molar-refractivity contribution in [3.05, 3.63) is 23.3 Å². The van der Waals surface area contributed by atoms with Crippen molar-refractivity contribution in [3.63, 3.8) is 0 Å². The standard InChI is InChI=1S/C10H13F3/c1-7-4-5-8(10(11,12)13)6-9(7,2)3/h4-5H,6H2,1-3H3. The highest BCUT2D eigenvalue weighted by Crippen LogP contribution is 2.42. The first-order valence-electron chi connectivity index (χ1n) is 4.18. The molecule has 0 spiro atoms. The van der Waals surface area contributed by atoms with Gasteiger partial charge in [0.05, 0.1) is 0 Å². The van der Waals surface area contributed by atoms with Gasteiger partial charge in [-0.2, -0.15) is 13.2 Å². The van der Waals surface area contributed by atoms with Crippen molar-refractivity contribution in [2.24, 2.45) is 5.41 Å². The van der Waals surface area contributed by atoms with Gasteiger partial charge in [-0.3, -0.25) is 0 Å². The first-order valence-corrected chi connectivity index (χ1v) is 4.18. The normalized spacial score (nSPS) is 22.3. The average Bonchev–Trinajstić information content (AvgIpc) is 1.92. The maximum absolute atomic E-state index is 12.3. The van der Waals surface area contributed by atoms with Gasteiger partial charge in [-0.15, -0.1) is 0 Å². The van der Waals surface area contributed by atoms with E-state index >= 15 is 0 Å². The van der Waals surface area contributed by atoms with Crippen LogP contribution in [0.2, 0.25) is 0 Å². The van der Waals surface area contributed by atoms with Gasteiger partial charge in [0.2, 0.25) is 0 Å². The molecule has 0 unspecified atom stereocenters. The summed E-state index contributed by atoms with van der Waals surface area (Å²) in [7, 11) is 0. The molecule has 0 saturated heterocycles. The minimum Gasteiger partial charge on any atom is -0.166 e. The molecule has 0 aliphatic heterocycles. The van der Waals surface area contributed by atoms with E-state index < -0.39 is 11.7 Å². The predicted molar refractivity (Wildman–Crippen MR) is 46.3 cm³/mol. The van der Waals surface area contributed by atoms with E-state index in [1.165, 1.54) is 6.08 Å². The summed E-state index contributed by atoms with van der Waals surface area (Å²) in [5, 5.41) is 0. The molecule has 0 fully saturated rings. The van der Waals surface area contributed by atoms with Crippen molar-refractivity contribution in [3.8, 4) is 0 Å². The molecule has 0 aromatic heterocycles. The molecule has 0 saturated carbocycles. The van der Waals surface area contributed by atoms with Crippen LogP contribution in [0.1, 0.15) is 27.2 Å². The second kappa shape index (κ2) is 2.89. The average molecular weight is 190 g/mol. The molecule has 0 radical (unpaired) electrons. The van der Waals surface area contributed by atoms with E-state index in [4.69, 9.17) is 0 Å². The molecule has 74 valence electrons. The quantitative estimate of drug-likeness (QED) is 0.544. The Kier molecular flexibility index (Phi) is 2.30. The molecule has 13 heavy (non-hydrogen) atoms. The molecule has 0 atom stereocenters. The lowest BCUT2D eigenvalue weighted by molar-refractivity contribution is -0.0965. The van der Waals surface area contributed by atoms with E-state index in [9.17, 15) is 13.2 Å². The van der Waals surface area contributed by atoms with Gasteiger partial charge in [-0.25, -0.2) is 0 Å². The fourth-order valence-electron chi connectivity index (χ4n) is 1.32. The van der Waals surface area contributed by atoms with Crippen molar-refractivity contribution < 1.29 is 13.2 Å². The molecule has 3 heteroatoms. The zero-order valence-corrected chi connectivity index (χ0v) is 8.00. The summed E-state index contributed by atoms with van der Waals surface area (Å²) in [4.78, 5) is 0. The van der Waals surface area contributed by atoms with Gasteiger partial charge >= 0.3 is 6.18 Å². The minimum absolute atomic E-state index is 0.0822. The Morgan fingerprint density at radius 2 is 1.77 bits per heavy atom. The van der Waals surface area contributed by atoms with Crippen molar-refractivity contribution in [2.75, 3.05) is 0 Å². The molecule has 1 aliphatic carbocycles. The summed E-state index contributed by atoms with van der Waals surface area (Å²) in [6, 6.07) is 0. The lowest BCUT2D eigenvalue weighted by atomic mass is 9.76. The zero-order chi connectivity index (χ0) is 10.3. The maximum Gasteiger partial charge on any atom is 0.412 e. The SMILES string of the molecule is CC1=CC=C(C(F)(F)F)CC1(C)C. The zero-order valence-electron chi connectivity index (χ0n) is 8.00. The van der Waals surface area contributed by atoms with E-state index in [2.05, 4.69) is 0 Å². The lowest BCUT2D eigenvalue weighted by Crippen LogP contribution is -2.23. The molecule has 0 amide bonds. The molecule has 0 aromatic rings. The van der Waals surface area contributed by atoms with Crippen LogP contribution in [0.15, 0.2) is 23.3 Å². The van der Waals surface area contributed by atoms with Gasteiger partial charge in [-0.05, 0) is 18.8 Å². The molecular weight excluding hydrogens is 177 g/mol. The van der Waals surface area contributed by atoms with Crippen LogP contribution < -0.4 is 0 Å². The Balaban J connectivity index is 2.97. The highest BCUT2D eigenvalue weighted by atomic mass is 19.4. The third-order valence-electron chi connectivity index (χ3n) is 2.60. The summed E-state index contributed by atoms with van der Waals surface area (Å²) in [6.45, 7) is 5.53. The van der Waals surface area contributed by atoms with Crippen molar-refractivity contribution in [1.29, 1.82) is 0 Å². The Morgan fingerprint density at radius 1 is 1.23 bits per heavy atom. The van der Waals surface area contributed by atoms with Gasteiger partial charge in [0.1, 0.15) is 0 Å². The smallest absolute Gasteiger partial charge is 0.166 e. The molecule has 0 heterocycles. The first kappa shape index (κ1) is 10.4. The summed E-state index contributed by atoms with van der Waals surface area (Å²) >= 11 is 0. The largest absolute Gasteiger partial charge is 0.412 e. The van der Waals surface area contributed by atoms with Gasteiger partial charge in [0, 0.05) is 5.57 Å². The number of alkyl halides is 3. The third kappa shape index (κ3) is 2.14. The highest BCUT2D eigenvalue weighted by molar-refractivity contribution is 5.30. The second-order valence-corrected chi connectivity index (χ2v) is 4.10. The lowest BCUT2D eigenvalue weighted by Gasteiger charge is -2.30. The second-order valence-electron chi connectivity index (χ2n) is 4.10. The van der Waals surface area contributed by atoms with Crippen LogP contribution in [0.25, 0.3) is 0 Å². The molecule has 0 bridgehead atoms. The number of hydrogen-bond donors (Lipinski definition) is 0. The summed E-state index contributed by atoms with van der Waals surface area (Å²) in [5.74, 6) is 0. The topological polar surface area (TPSA) is 0 Å². The van der Waals surface area contributed by atoms with Crippen LogP contribution in [0.5, 0.6) is 0 Å². The van der Waals surface area contributed by atoms with E-state index in [0.717, 1.165) is 5.57 Å². The molecule has 0 N–H and O–H groups in total. The maximum atomic E-state index is 12.3. The number of halogens is 3. The minimum atomic E-state index is -4.17. The Labute approximate surface area is 76.1 Å². The Hall–Kier alpha value is -0.730. The van der Waals surface area contributed by atoms with E-state index in [0.29, 0.717) is 0 Å². The van der Waals surface area contributed by atoms with Crippen molar-refractivity contribution in [2.45, 2.75) is 33.4 Å². The number of rotatable bonds is 0. The molecule has 1 aliphatic rings. The monoisotopic (exact) mass is 190 g/mol. The highest BCUT2D eigenvalue weighted by Gasteiger charge is 2.38. The van der Waals surface area contributed by atoms with Crippen LogP contribution in [0.4, 0.5) is 13.2 Å².